The normalized spacial score (nSPS) is 25.1. The molecule has 1 atom stereocenters. The zero-order valence-corrected chi connectivity index (χ0v) is 18.0. The summed E-state index contributed by atoms with van der Waals surface area (Å²) < 4.78 is 1.31. The molecule has 11 heteroatoms. The fourth-order valence-electron chi connectivity index (χ4n) is 3.30. The van der Waals surface area contributed by atoms with Crippen molar-refractivity contribution in [1.29, 1.82) is 5.26 Å². The number of benzene rings is 1. The van der Waals surface area contributed by atoms with E-state index in [0.717, 1.165) is 43.9 Å². The highest BCUT2D eigenvalue weighted by molar-refractivity contribution is 8.25. The van der Waals surface area contributed by atoms with Crippen LogP contribution in [-0.4, -0.2) is 29.5 Å². The van der Waals surface area contributed by atoms with Crippen molar-refractivity contribution in [3.63, 3.8) is 0 Å². The molecule has 4 aliphatic rings. The minimum absolute atomic E-state index is 0.0257. The molecule has 1 unspecified atom stereocenters. The van der Waals surface area contributed by atoms with Crippen molar-refractivity contribution in [1.82, 2.24) is 5.32 Å². The SMILES string of the molecule is N#C/C(C(N)=O)=C1\Sc2c(O)c3c(c(C4CC4)c2S1)S/C(=C(/C(N)=O)C1CN1)S3. The van der Waals surface area contributed by atoms with Gasteiger partial charge in [0.05, 0.1) is 29.9 Å². The number of aromatic hydroxyl groups is 1. The number of phenols is 1. The van der Waals surface area contributed by atoms with Gasteiger partial charge in [0, 0.05) is 16.3 Å². The van der Waals surface area contributed by atoms with Gasteiger partial charge in [-0.2, -0.15) is 5.26 Å². The van der Waals surface area contributed by atoms with E-state index in [9.17, 15) is 20.0 Å². The summed E-state index contributed by atoms with van der Waals surface area (Å²) in [5.74, 6) is -0.730. The predicted molar refractivity (Wildman–Crippen MR) is 113 cm³/mol. The van der Waals surface area contributed by atoms with E-state index in [-0.39, 0.29) is 17.4 Å². The predicted octanol–water partition coefficient (Wildman–Crippen LogP) is 2.55. The molecule has 3 heterocycles. The minimum atomic E-state index is -0.771. The van der Waals surface area contributed by atoms with Crippen LogP contribution in [-0.2, 0) is 9.59 Å². The van der Waals surface area contributed by atoms with Crippen LogP contribution >= 0.6 is 47.0 Å². The van der Waals surface area contributed by atoms with Crippen LogP contribution in [0.3, 0.4) is 0 Å². The van der Waals surface area contributed by atoms with Gasteiger partial charge in [0.15, 0.2) is 0 Å². The second-order valence-electron chi connectivity index (χ2n) is 6.93. The number of nitrogens with two attached hydrogens (primary N) is 2. The second kappa shape index (κ2) is 6.92. The number of phenolic OH excluding ortho intramolecular Hbond substituents is 1. The van der Waals surface area contributed by atoms with Crippen LogP contribution in [0.15, 0.2) is 39.2 Å². The van der Waals surface area contributed by atoms with E-state index >= 15 is 0 Å². The standard InChI is InChI=1S/C18H14N4O3S4/c19-3-6(15(20)24)17-26-11-8(5-1-2-5)12-14(10(23)13(11)28-17)29-18(27-12)9(16(21)25)7-4-22-7/h5,7,22-23H,1-2,4H2,(H2,20,24)(H2,21,25)/b17-6+,18-9-. The molecule has 5 rings (SSSR count). The molecule has 1 aromatic carbocycles. The smallest absolute Gasteiger partial charge is 0.261 e. The van der Waals surface area contributed by atoms with Gasteiger partial charge in [0.2, 0.25) is 5.91 Å². The van der Waals surface area contributed by atoms with Crippen molar-refractivity contribution in [2.45, 2.75) is 44.4 Å². The molecule has 0 radical (unpaired) electrons. The highest BCUT2D eigenvalue weighted by Gasteiger charge is 2.43. The number of thioether (sulfide) groups is 4. The highest BCUT2D eigenvalue weighted by atomic mass is 32.2. The average Bonchev–Trinajstić information content (AvgIpc) is 3.57. The van der Waals surface area contributed by atoms with E-state index in [2.05, 4.69) is 5.32 Å². The molecular weight excluding hydrogens is 448 g/mol. The lowest BCUT2D eigenvalue weighted by Crippen LogP contribution is -2.19. The van der Waals surface area contributed by atoms with Crippen LogP contribution in [0.1, 0.15) is 24.3 Å². The number of nitrogens with zero attached hydrogens (tertiary/aromatic N) is 1. The minimum Gasteiger partial charge on any atom is -0.505 e. The van der Waals surface area contributed by atoms with Crippen LogP contribution in [0.4, 0.5) is 0 Å². The van der Waals surface area contributed by atoms with E-state index < -0.39 is 11.8 Å². The molecule has 7 nitrogen and oxygen atoms in total. The number of amides is 2. The van der Waals surface area contributed by atoms with Crippen LogP contribution < -0.4 is 16.8 Å². The molecule has 2 amide bonds. The molecule has 0 aromatic heterocycles. The summed E-state index contributed by atoms with van der Waals surface area (Å²) in [6.07, 6.45) is 2.10. The maximum atomic E-state index is 12.0. The Morgan fingerprint density at radius 2 is 1.55 bits per heavy atom. The van der Waals surface area contributed by atoms with Gasteiger partial charge in [-0.15, -0.1) is 0 Å². The van der Waals surface area contributed by atoms with Crippen molar-refractivity contribution >= 4 is 58.9 Å². The number of carbonyl (C=O) groups excluding carboxylic acids is 2. The number of nitriles is 1. The van der Waals surface area contributed by atoms with Crippen LogP contribution in [0, 0.1) is 11.3 Å². The number of nitrogens with one attached hydrogen (secondary N) is 1. The van der Waals surface area contributed by atoms with Gasteiger partial charge in [-0.05, 0) is 24.3 Å². The summed E-state index contributed by atoms with van der Waals surface area (Å²) in [6, 6.07) is 1.85. The topological polar surface area (TPSA) is 152 Å². The summed E-state index contributed by atoms with van der Waals surface area (Å²) in [5.41, 5.74) is 12.6. The third kappa shape index (κ3) is 3.14. The van der Waals surface area contributed by atoms with E-state index in [1.807, 2.05) is 6.07 Å². The lowest BCUT2D eigenvalue weighted by molar-refractivity contribution is -0.115. The van der Waals surface area contributed by atoms with Gasteiger partial charge in [-0.25, -0.2) is 0 Å². The Morgan fingerprint density at radius 1 is 1.00 bits per heavy atom. The molecule has 1 aromatic rings. The molecule has 0 spiro atoms. The Hall–Kier alpha value is -1.71. The quantitative estimate of drug-likeness (QED) is 0.300. The number of carbonyl (C=O) groups is 2. The van der Waals surface area contributed by atoms with Crippen LogP contribution in [0.2, 0.25) is 0 Å². The molecule has 1 aliphatic carbocycles. The first-order chi connectivity index (χ1) is 13.9. The maximum Gasteiger partial charge on any atom is 0.261 e. The number of rotatable bonds is 4. The van der Waals surface area contributed by atoms with E-state index in [1.165, 1.54) is 47.0 Å². The van der Waals surface area contributed by atoms with Gasteiger partial charge in [-0.1, -0.05) is 47.0 Å². The van der Waals surface area contributed by atoms with Crippen molar-refractivity contribution < 1.29 is 14.7 Å². The van der Waals surface area contributed by atoms with Crippen molar-refractivity contribution in [3.05, 3.63) is 25.2 Å². The van der Waals surface area contributed by atoms with E-state index in [0.29, 0.717) is 20.6 Å². The van der Waals surface area contributed by atoms with Gasteiger partial charge in [0.25, 0.3) is 5.91 Å². The van der Waals surface area contributed by atoms with Gasteiger partial charge < -0.3 is 21.9 Å². The summed E-state index contributed by atoms with van der Waals surface area (Å²) in [7, 11) is 0. The summed E-state index contributed by atoms with van der Waals surface area (Å²) in [5, 5.41) is 23.4. The monoisotopic (exact) mass is 462 g/mol. The zero-order chi connectivity index (χ0) is 20.4. The maximum absolute atomic E-state index is 12.0. The molecule has 1 saturated heterocycles. The third-order valence-electron chi connectivity index (χ3n) is 4.90. The Kier molecular flexibility index (Phi) is 4.60. The van der Waals surface area contributed by atoms with Crippen molar-refractivity contribution in [2.24, 2.45) is 11.5 Å². The molecule has 29 heavy (non-hydrogen) atoms. The Balaban J connectivity index is 1.65. The Morgan fingerprint density at radius 3 is 2.03 bits per heavy atom. The number of primary amides is 2. The Bertz CT molecular complexity index is 1110. The lowest BCUT2D eigenvalue weighted by Gasteiger charge is -2.13. The highest BCUT2D eigenvalue weighted by Crippen LogP contribution is 2.68. The zero-order valence-electron chi connectivity index (χ0n) is 14.8. The average molecular weight is 463 g/mol. The second-order valence-corrected chi connectivity index (χ2v) is 11.5. The fraction of sp³-hybridized carbons (Fsp3) is 0.278. The first-order valence-electron chi connectivity index (χ1n) is 8.76. The molecule has 148 valence electrons. The van der Waals surface area contributed by atoms with Gasteiger partial charge in [0.1, 0.15) is 17.4 Å². The Labute approximate surface area is 183 Å². The number of hydrogen-bond acceptors (Lipinski definition) is 9. The molecule has 0 bridgehead atoms. The molecule has 1 saturated carbocycles. The summed E-state index contributed by atoms with van der Waals surface area (Å²) in [6.45, 7) is 0.723. The van der Waals surface area contributed by atoms with Gasteiger partial charge >= 0.3 is 0 Å². The molecule has 3 aliphatic heterocycles. The number of hydrogen-bond donors (Lipinski definition) is 4. The summed E-state index contributed by atoms with van der Waals surface area (Å²) >= 11 is 5.39. The summed E-state index contributed by atoms with van der Waals surface area (Å²) in [4.78, 5) is 26.8. The molecule has 6 N–H and O–H groups in total. The first kappa shape index (κ1) is 19.3. The molecule has 2 fully saturated rings. The van der Waals surface area contributed by atoms with Crippen LogP contribution in [0.25, 0.3) is 0 Å². The van der Waals surface area contributed by atoms with E-state index in [4.69, 9.17) is 11.5 Å². The first-order valence-corrected chi connectivity index (χ1v) is 12.0. The van der Waals surface area contributed by atoms with Crippen molar-refractivity contribution in [3.8, 4) is 11.8 Å². The fourth-order valence-corrected chi connectivity index (χ4v) is 9.15. The van der Waals surface area contributed by atoms with Crippen LogP contribution in [0.5, 0.6) is 5.75 Å². The third-order valence-corrected chi connectivity index (χ3v) is 10.2. The number of fused-ring (bicyclic) bond motifs is 2. The largest absolute Gasteiger partial charge is 0.505 e. The van der Waals surface area contributed by atoms with Gasteiger partial charge in [-0.3, -0.25) is 9.59 Å². The molecular formula is C18H14N4O3S4. The van der Waals surface area contributed by atoms with E-state index in [1.54, 1.807) is 0 Å². The van der Waals surface area contributed by atoms with Crippen molar-refractivity contribution in [2.75, 3.05) is 6.54 Å². The lowest BCUT2D eigenvalue weighted by atomic mass is 10.1.